The van der Waals surface area contributed by atoms with Crippen LogP contribution in [-0.4, -0.2) is 17.6 Å². The summed E-state index contributed by atoms with van der Waals surface area (Å²) in [5.41, 5.74) is 0.331. The third-order valence-electron chi connectivity index (χ3n) is 3.52. The number of hydrogen-bond donors (Lipinski definition) is 2. The molecule has 0 aromatic heterocycles. The second-order valence-corrected chi connectivity index (χ2v) is 6.31. The number of carbonyl (C=O) groups excluding carboxylic acids is 1. The lowest BCUT2D eigenvalue weighted by molar-refractivity contribution is 0.0950. The molecule has 1 amide bonds. The standard InChI is InChI=1S/C17H26BrNO2/c1-2-3-4-5-6-7-8-9-12-19-17(21)15-11-10-14(18)13-16(15)20/h10-11,13,20H,2-9,12H2,1H3,(H,19,21). The van der Waals surface area contributed by atoms with Gasteiger partial charge in [-0.2, -0.15) is 0 Å². The van der Waals surface area contributed by atoms with Gasteiger partial charge in [-0.3, -0.25) is 4.79 Å². The first-order chi connectivity index (χ1) is 10.1. The number of amides is 1. The molecular weight excluding hydrogens is 330 g/mol. The number of phenolic OH excluding ortho intramolecular Hbond substituents is 1. The minimum absolute atomic E-state index is 0.0119. The highest BCUT2D eigenvalue weighted by atomic mass is 79.9. The molecule has 3 nitrogen and oxygen atoms in total. The molecule has 118 valence electrons. The van der Waals surface area contributed by atoms with Gasteiger partial charge < -0.3 is 10.4 Å². The third kappa shape index (κ3) is 7.51. The van der Waals surface area contributed by atoms with Crippen molar-refractivity contribution >= 4 is 21.8 Å². The van der Waals surface area contributed by atoms with Crippen molar-refractivity contribution in [2.75, 3.05) is 6.54 Å². The second kappa shape index (κ2) is 10.7. The normalized spacial score (nSPS) is 10.6. The molecule has 0 fully saturated rings. The number of rotatable bonds is 10. The van der Waals surface area contributed by atoms with Gasteiger partial charge in [0.15, 0.2) is 0 Å². The molecule has 0 saturated carbocycles. The Kier molecular flexibility index (Phi) is 9.15. The van der Waals surface area contributed by atoms with E-state index in [1.54, 1.807) is 12.1 Å². The average molecular weight is 356 g/mol. The van der Waals surface area contributed by atoms with Crippen molar-refractivity contribution in [1.29, 1.82) is 0 Å². The summed E-state index contributed by atoms with van der Waals surface area (Å²) in [5, 5.41) is 12.6. The van der Waals surface area contributed by atoms with E-state index in [2.05, 4.69) is 28.2 Å². The first kappa shape index (κ1) is 18.0. The Bertz CT molecular complexity index is 435. The average Bonchev–Trinajstić information content (AvgIpc) is 2.45. The van der Waals surface area contributed by atoms with Crippen molar-refractivity contribution in [2.24, 2.45) is 0 Å². The Labute approximate surface area is 136 Å². The summed E-state index contributed by atoms with van der Waals surface area (Å²) < 4.78 is 0.764. The van der Waals surface area contributed by atoms with Crippen LogP contribution in [0.15, 0.2) is 22.7 Å². The van der Waals surface area contributed by atoms with Crippen molar-refractivity contribution in [3.05, 3.63) is 28.2 Å². The summed E-state index contributed by atoms with van der Waals surface area (Å²) >= 11 is 3.26. The van der Waals surface area contributed by atoms with Crippen LogP contribution in [0.4, 0.5) is 0 Å². The Hall–Kier alpha value is -1.03. The van der Waals surface area contributed by atoms with Crippen LogP contribution >= 0.6 is 15.9 Å². The number of aromatic hydroxyl groups is 1. The molecule has 0 unspecified atom stereocenters. The van der Waals surface area contributed by atoms with E-state index < -0.39 is 0 Å². The molecule has 0 aliphatic heterocycles. The van der Waals surface area contributed by atoms with Gasteiger partial charge in [-0.05, 0) is 24.6 Å². The first-order valence-corrected chi connectivity index (χ1v) is 8.71. The molecule has 1 aromatic rings. The minimum Gasteiger partial charge on any atom is -0.507 e. The minimum atomic E-state index is -0.206. The maximum atomic E-state index is 11.9. The monoisotopic (exact) mass is 355 g/mol. The molecule has 1 rings (SSSR count). The maximum absolute atomic E-state index is 11.9. The van der Waals surface area contributed by atoms with Gasteiger partial charge in [0.05, 0.1) is 5.56 Å². The molecule has 0 aliphatic carbocycles. The molecule has 0 radical (unpaired) electrons. The number of phenols is 1. The van der Waals surface area contributed by atoms with Gasteiger partial charge >= 0.3 is 0 Å². The van der Waals surface area contributed by atoms with Gasteiger partial charge in [0.2, 0.25) is 0 Å². The van der Waals surface area contributed by atoms with Crippen LogP contribution in [0.3, 0.4) is 0 Å². The molecule has 0 bridgehead atoms. The lowest BCUT2D eigenvalue weighted by atomic mass is 10.1. The van der Waals surface area contributed by atoms with Gasteiger partial charge in [-0.1, -0.05) is 67.8 Å². The molecule has 0 spiro atoms. The number of halogens is 1. The van der Waals surface area contributed by atoms with Crippen LogP contribution in [0, 0.1) is 0 Å². The summed E-state index contributed by atoms with van der Waals surface area (Å²) in [6.07, 6.45) is 9.98. The molecule has 2 N–H and O–H groups in total. The molecule has 0 atom stereocenters. The lowest BCUT2D eigenvalue weighted by Crippen LogP contribution is -2.24. The summed E-state index contributed by atoms with van der Waals surface area (Å²) in [7, 11) is 0. The number of nitrogens with one attached hydrogen (secondary N) is 1. The van der Waals surface area contributed by atoms with Crippen molar-refractivity contribution in [1.82, 2.24) is 5.32 Å². The van der Waals surface area contributed by atoms with Crippen LogP contribution in [0.25, 0.3) is 0 Å². The summed E-state index contributed by atoms with van der Waals surface area (Å²) in [5.74, 6) is -0.194. The lowest BCUT2D eigenvalue weighted by Gasteiger charge is -2.07. The van der Waals surface area contributed by atoms with Gasteiger partial charge in [0.25, 0.3) is 5.91 Å². The van der Waals surface area contributed by atoms with Crippen LogP contribution in [0.5, 0.6) is 5.75 Å². The van der Waals surface area contributed by atoms with Gasteiger partial charge in [-0.15, -0.1) is 0 Å². The molecule has 4 heteroatoms. The van der Waals surface area contributed by atoms with E-state index in [0.29, 0.717) is 12.1 Å². The van der Waals surface area contributed by atoms with Crippen molar-refractivity contribution < 1.29 is 9.90 Å². The van der Waals surface area contributed by atoms with E-state index in [4.69, 9.17) is 0 Å². The van der Waals surface area contributed by atoms with Gasteiger partial charge in [0.1, 0.15) is 5.75 Å². The highest BCUT2D eigenvalue weighted by Gasteiger charge is 2.10. The third-order valence-corrected chi connectivity index (χ3v) is 4.01. The van der Waals surface area contributed by atoms with Crippen molar-refractivity contribution in [2.45, 2.75) is 58.3 Å². The smallest absolute Gasteiger partial charge is 0.255 e. The quantitative estimate of drug-likeness (QED) is 0.578. The van der Waals surface area contributed by atoms with Gasteiger partial charge in [-0.25, -0.2) is 0 Å². The molecule has 0 saturated heterocycles. The predicted octanol–water partition coefficient (Wildman–Crippen LogP) is 5.03. The number of benzene rings is 1. The fourth-order valence-electron chi connectivity index (χ4n) is 2.25. The van der Waals surface area contributed by atoms with E-state index >= 15 is 0 Å². The van der Waals surface area contributed by atoms with Crippen LogP contribution in [-0.2, 0) is 0 Å². The molecule has 21 heavy (non-hydrogen) atoms. The zero-order valence-electron chi connectivity index (χ0n) is 12.8. The highest BCUT2D eigenvalue weighted by molar-refractivity contribution is 9.10. The molecular formula is C17H26BrNO2. The summed E-state index contributed by atoms with van der Waals surface area (Å²) in [4.78, 5) is 11.9. The Morgan fingerprint density at radius 1 is 1.10 bits per heavy atom. The van der Waals surface area contributed by atoms with Crippen LogP contribution < -0.4 is 5.32 Å². The SMILES string of the molecule is CCCCCCCCCCNC(=O)c1ccc(Br)cc1O. The first-order valence-electron chi connectivity index (χ1n) is 7.92. The highest BCUT2D eigenvalue weighted by Crippen LogP contribution is 2.22. The van der Waals surface area contributed by atoms with E-state index in [1.807, 2.05) is 0 Å². The number of unbranched alkanes of at least 4 members (excludes halogenated alkanes) is 7. The van der Waals surface area contributed by atoms with Crippen LogP contribution in [0.1, 0.15) is 68.6 Å². The zero-order valence-corrected chi connectivity index (χ0v) is 14.4. The Morgan fingerprint density at radius 3 is 2.33 bits per heavy atom. The molecule has 0 aliphatic rings. The molecule has 1 aromatic carbocycles. The fourth-order valence-corrected chi connectivity index (χ4v) is 2.60. The van der Waals surface area contributed by atoms with Gasteiger partial charge in [0, 0.05) is 11.0 Å². The second-order valence-electron chi connectivity index (χ2n) is 5.39. The van der Waals surface area contributed by atoms with Crippen molar-refractivity contribution in [3.8, 4) is 5.75 Å². The topological polar surface area (TPSA) is 49.3 Å². The Balaban J connectivity index is 2.11. The van der Waals surface area contributed by atoms with E-state index in [-0.39, 0.29) is 11.7 Å². The Morgan fingerprint density at radius 2 is 1.71 bits per heavy atom. The number of hydrogen-bond acceptors (Lipinski definition) is 2. The van der Waals surface area contributed by atoms with E-state index in [1.165, 1.54) is 44.6 Å². The van der Waals surface area contributed by atoms with Crippen LogP contribution in [0.2, 0.25) is 0 Å². The summed E-state index contributed by atoms with van der Waals surface area (Å²) in [6.45, 7) is 2.90. The summed E-state index contributed by atoms with van der Waals surface area (Å²) in [6, 6.07) is 4.92. The predicted molar refractivity (Wildman–Crippen MR) is 90.8 cm³/mol. The fraction of sp³-hybridized carbons (Fsp3) is 0.588. The van der Waals surface area contributed by atoms with Crippen molar-refractivity contribution in [3.63, 3.8) is 0 Å². The van der Waals surface area contributed by atoms with E-state index in [0.717, 1.165) is 17.3 Å². The van der Waals surface area contributed by atoms with E-state index in [9.17, 15) is 9.90 Å². The maximum Gasteiger partial charge on any atom is 0.255 e. The largest absolute Gasteiger partial charge is 0.507 e. The zero-order chi connectivity index (χ0) is 15.5. The molecule has 0 heterocycles. The number of carbonyl (C=O) groups is 1.